The van der Waals surface area contributed by atoms with Gasteiger partial charge < -0.3 is 4.74 Å². The van der Waals surface area contributed by atoms with Crippen molar-refractivity contribution in [2.75, 3.05) is 6.61 Å². The molecule has 1 saturated carbocycles. The molecule has 19 heavy (non-hydrogen) atoms. The highest BCUT2D eigenvalue weighted by Gasteiger charge is 2.09. The summed E-state index contributed by atoms with van der Waals surface area (Å²) in [6.07, 6.45) is 4.35. The molecule has 1 fully saturated rings. The average Bonchev–Trinajstić information content (AvgIpc) is 2.86. The standard InChI is InChI=1S/C15H20N2O2/c1-11-7-12(2)9-14(8-11)19-10-15(18)17-16-13-5-3-4-6-13/h7-9H,3-6,10H2,1-2H3,(H,17,18). The highest BCUT2D eigenvalue weighted by atomic mass is 16.5. The maximum atomic E-state index is 11.6. The monoisotopic (exact) mass is 260 g/mol. The van der Waals surface area contributed by atoms with Gasteiger partial charge in [-0.15, -0.1) is 0 Å². The van der Waals surface area contributed by atoms with Gasteiger partial charge in [0.25, 0.3) is 5.91 Å². The maximum absolute atomic E-state index is 11.6. The van der Waals surface area contributed by atoms with Gasteiger partial charge in [0.1, 0.15) is 5.75 Å². The Hall–Kier alpha value is -1.84. The molecule has 0 saturated heterocycles. The van der Waals surface area contributed by atoms with Gasteiger partial charge in [0.15, 0.2) is 6.61 Å². The molecule has 0 spiro atoms. The summed E-state index contributed by atoms with van der Waals surface area (Å²) in [6, 6.07) is 5.91. The molecule has 0 aromatic heterocycles. The number of nitrogens with one attached hydrogen (secondary N) is 1. The summed E-state index contributed by atoms with van der Waals surface area (Å²) in [7, 11) is 0. The van der Waals surface area contributed by atoms with Crippen molar-refractivity contribution < 1.29 is 9.53 Å². The third-order valence-corrected chi connectivity index (χ3v) is 3.08. The summed E-state index contributed by atoms with van der Waals surface area (Å²) in [5.74, 6) is 0.514. The molecular weight excluding hydrogens is 240 g/mol. The average molecular weight is 260 g/mol. The van der Waals surface area contributed by atoms with Crippen molar-refractivity contribution in [3.63, 3.8) is 0 Å². The van der Waals surface area contributed by atoms with Crippen LogP contribution >= 0.6 is 0 Å². The molecule has 1 aliphatic carbocycles. The topological polar surface area (TPSA) is 50.7 Å². The van der Waals surface area contributed by atoms with Crippen molar-refractivity contribution >= 4 is 11.6 Å². The minimum Gasteiger partial charge on any atom is -0.484 e. The van der Waals surface area contributed by atoms with Gasteiger partial charge in [-0.2, -0.15) is 5.10 Å². The lowest BCUT2D eigenvalue weighted by Gasteiger charge is -2.07. The van der Waals surface area contributed by atoms with E-state index in [4.69, 9.17) is 4.74 Å². The van der Waals surface area contributed by atoms with E-state index in [0.29, 0.717) is 0 Å². The van der Waals surface area contributed by atoms with Crippen molar-refractivity contribution in [2.45, 2.75) is 39.5 Å². The number of nitrogens with zero attached hydrogens (tertiary/aromatic N) is 1. The van der Waals surface area contributed by atoms with E-state index in [-0.39, 0.29) is 12.5 Å². The van der Waals surface area contributed by atoms with Crippen LogP contribution in [0.5, 0.6) is 5.75 Å². The highest BCUT2D eigenvalue weighted by molar-refractivity contribution is 5.87. The zero-order valence-corrected chi connectivity index (χ0v) is 11.5. The van der Waals surface area contributed by atoms with E-state index in [2.05, 4.69) is 16.6 Å². The van der Waals surface area contributed by atoms with Crippen molar-refractivity contribution in [3.05, 3.63) is 29.3 Å². The Bertz CT molecular complexity index is 467. The minimum atomic E-state index is -0.210. The number of hydrogen-bond acceptors (Lipinski definition) is 3. The summed E-state index contributed by atoms with van der Waals surface area (Å²) in [6.45, 7) is 4.01. The largest absolute Gasteiger partial charge is 0.484 e. The van der Waals surface area contributed by atoms with Crippen LogP contribution in [0.4, 0.5) is 0 Å². The first kappa shape index (κ1) is 13.6. The molecule has 4 heteroatoms. The molecule has 0 atom stereocenters. The molecule has 0 unspecified atom stereocenters. The van der Waals surface area contributed by atoms with Crippen molar-refractivity contribution in [2.24, 2.45) is 5.10 Å². The lowest BCUT2D eigenvalue weighted by molar-refractivity contribution is -0.123. The van der Waals surface area contributed by atoms with Crippen molar-refractivity contribution in [1.82, 2.24) is 5.43 Å². The molecule has 0 bridgehead atoms. The van der Waals surface area contributed by atoms with Crippen LogP contribution in [0, 0.1) is 13.8 Å². The number of ether oxygens (including phenoxy) is 1. The summed E-state index contributed by atoms with van der Waals surface area (Å²) in [5.41, 5.74) is 5.88. The SMILES string of the molecule is Cc1cc(C)cc(OCC(=O)NN=C2CCCC2)c1. The Balaban J connectivity index is 1.81. The summed E-state index contributed by atoms with van der Waals surface area (Å²) < 4.78 is 5.46. The van der Waals surface area contributed by atoms with E-state index in [1.807, 2.05) is 26.0 Å². The number of aryl methyl sites for hydroxylation is 2. The second-order valence-corrected chi connectivity index (χ2v) is 5.03. The first-order valence-electron chi connectivity index (χ1n) is 6.69. The van der Waals surface area contributed by atoms with E-state index in [9.17, 15) is 4.79 Å². The smallest absolute Gasteiger partial charge is 0.277 e. The third kappa shape index (κ3) is 4.39. The molecule has 4 nitrogen and oxygen atoms in total. The van der Waals surface area contributed by atoms with Gasteiger partial charge >= 0.3 is 0 Å². The fraction of sp³-hybridized carbons (Fsp3) is 0.467. The number of carbonyl (C=O) groups is 1. The number of hydrazone groups is 1. The normalized spacial score (nSPS) is 14.3. The Morgan fingerprint density at radius 2 is 1.84 bits per heavy atom. The van der Waals surface area contributed by atoms with Crippen LogP contribution in [0.15, 0.2) is 23.3 Å². The molecule has 1 amide bonds. The number of rotatable bonds is 4. The van der Waals surface area contributed by atoms with Crippen LogP contribution in [0.1, 0.15) is 36.8 Å². The Kier molecular flexibility index (Phi) is 4.55. The molecule has 0 radical (unpaired) electrons. The molecule has 102 valence electrons. The predicted molar refractivity (Wildman–Crippen MR) is 75.5 cm³/mol. The van der Waals surface area contributed by atoms with Crippen LogP contribution in [0.3, 0.4) is 0 Å². The van der Waals surface area contributed by atoms with Crippen molar-refractivity contribution in [3.8, 4) is 5.75 Å². The second kappa shape index (κ2) is 6.36. The third-order valence-electron chi connectivity index (χ3n) is 3.08. The Morgan fingerprint density at radius 1 is 1.21 bits per heavy atom. The number of benzene rings is 1. The molecule has 1 N–H and O–H groups in total. The van der Waals surface area contributed by atoms with E-state index in [1.54, 1.807) is 0 Å². The summed E-state index contributed by atoms with van der Waals surface area (Å²) in [5, 5.41) is 4.11. The van der Waals surface area contributed by atoms with E-state index < -0.39 is 0 Å². The Morgan fingerprint density at radius 3 is 2.47 bits per heavy atom. The van der Waals surface area contributed by atoms with Crippen LogP contribution in [0.2, 0.25) is 0 Å². The number of amides is 1. The maximum Gasteiger partial charge on any atom is 0.277 e. The van der Waals surface area contributed by atoms with Crippen molar-refractivity contribution in [1.29, 1.82) is 0 Å². The van der Waals surface area contributed by atoms with Gasteiger partial charge in [-0.25, -0.2) is 5.43 Å². The zero-order valence-electron chi connectivity index (χ0n) is 11.5. The molecule has 0 heterocycles. The first-order valence-corrected chi connectivity index (χ1v) is 6.69. The quantitative estimate of drug-likeness (QED) is 0.846. The van der Waals surface area contributed by atoms with Crippen LogP contribution in [0.25, 0.3) is 0 Å². The zero-order chi connectivity index (χ0) is 13.7. The van der Waals surface area contributed by atoms with Gasteiger partial charge in [0.2, 0.25) is 0 Å². The molecule has 1 aromatic rings. The number of hydrogen-bond donors (Lipinski definition) is 1. The van der Waals surface area contributed by atoms with E-state index >= 15 is 0 Å². The summed E-state index contributed by atoms with van der Waals surface area (Å²) in [4.78, 5) is 11.6. The number of carbonyl (C=O) groups excluding carboxylic acids is 1. The molecule has 2 rings (SSSR count). The van der Waals surface area contributed by atoms with Gasteiger partial charge in [-0.3, -0.25) is 4.79 Å². The van der Waals surface area contributed by atoms with E-state index in [0.717, 1.165) is 35.4 Å². The predicted octanol–water partition coefficient (Wildman–Crippen LogP) is 2.73. The van der Waals surface area contributed by atoms with Crippen LogP contribution in [-0.2, 0) is 4.79 Å². The molecule has 0 aliphatic heterocycles. The fourth-order valence-electron chi connectivity index (χ4n) is 2.23. The lowest BCUT2D eigenvalue weighted by atomic mass is 10.1. The lowest BCUT2D eigenvalue weighted by Crippen LogP contribution is -2.25. The highest BCUT2D eigenvalue weighted by Crippen LogP contribution is 2.16. The Labute approximate surface area is 113 Å². The van der Waals surface area contributed by atoms with Crippen LogP contribution in [-0.4, -0.2) is 18.2 Å². The van der Waals surface area contributed by atoms with Gasteiger partial charge in [0.05, 0.1) is 0 Å². The molecule has 1 aliphatic rings. The molecular formula is C15H20N2O2. The first-order chi connectivity index (χ1) is 9.13. The fourth-order valence-corrected chi connectivity index (χ4v) is 2.23. The second-order valence-electron chi connectivity index (χ2n) is 5.03. The minimum absolute atomic E-state index is 0.000324. The van der Waals surface area contributed by atoms with Gasteiger partial charge in [0, 0.05) is 5.71 Å². The molecule has 1 aromatic carbocycles. The van der Waals surface area contributed by atoms with Crippen LogP contribution < -0.4 is 10.2 Å². The summed E-state index contributed by atoms with van der Waals surface area (Å²) >= 11 is 0. The van der Waals surface area contributed by atoms with Gasteiger partial charge in [-0.05, 0) is 62.8 Å². The van der Waals surface area contributed by atoms with E-state index in [1.165, 1.54) is 12.8 Å². The van der Waals surface area contributed by atoms with Gasteiger partial charge in [-0.1, -0.05) is 6.07 Å².